The zero-order valence-electron chi connectivity index (χ0n) is 8.68. The van der Waals surface area contributed by atoms with E-state index in [9.17, 15) is 13.2 Å². The summed E-state index contributed by atoms with van der Waals surface area (Å²) in [6, 6.07) is 5.13. The van der Waals surface area contributed by atoms with E-state index >= 15 is 0 Å². The Morgan fingerprint density at radius 1 is 1.31 bits per heavy atom. The van der Waals surface area contributed by atoms with Crippen molar-refractivity contribution in [1.82, 2.24) is 0 Å². The molecule has 0 aromatic heterocycles. The molecule has 1 aromatic carbocycles. The van der Waals surface area contributed by atoms with Gasteiger partial charge >= 0.3 is 6.18 Å². The maximum atomic E-state index is 12.6. The van der Waals surface area contributed by atoms with Gasteiger partial charge in [-0.2, -0.15) is 13.2 Å². The quantitative estimate of drug-likeness (QED) is 0.684. The number of alkyl halides is 3. The van der Waals surface area contributed by atoms with Crippen LogP contribution in [-0.2, 0) is 6.18 Å². The van der Waals surface area contributed by atoms with Crippen LogP contribution in [0.2, 0.25) is 0 Å². The van der Waals surface area contributed by atoms with Gasteiger partial charge in [-0.05, 0) is 18.6 Å². The lowest BCUT2D eigenvalue weighted by molar-refractivity contribution is -0.137. The van der Waals surface area contributed by atoms with Crippen molar-refractivity contribution in [3.05, 3.63) is 29.8 Å². The molecule has 0 unspecified atom stereocenters. The number of halogens is 4. The molecule has 0 saturated heterocycles. The Hall–Kier alpha value is -1.03. The summed E-state index contributed by atoms with van der Waals surface area (Å²) < 4.78 is 37.7. The Kier molecular flexibility index (Phi) is 4.35. The number of nitrogens with zero attached hydrogens (tertiary/aromatic N) is 1. The van der Waals surface area contributed by atoms with Crippen LogP contribution in [0.3, 0.4) is 0 Å². The monoisotopic (exact) mass is 249 g/mol. The minimum Gasteiger partial charge on any atom is -0.241 e. The topological polar surface area (TPSA) is 12.4 Å². The van der Waals surface area contributed by atoms with Crippen LogP contribution in [0.1, 0.15) is 25.3 Å². The van der Waals surface area contributed by atoms with E-state index in [4.69, 9.17) is 11.6 Å². The maximum Gasteiger partial charge on any atom is 0.418 e. The lowest BCUT2D eigenvalue weighted by atomic mass is 10.2. The van der Waals surface area contributed by atoms with E-state index in [1.54, 1.807) is 0 Å². The van der Waals surface area contributed by atoms with Crippen LogP contribution in [0, 0.1) is 0 Å². The second-order valence-corrected chi connectivity index (χ2v) is 3.69. The molecule has 0 atom stereocenters. The van der Waals surface area contributed by atoms with Crippen LogP contribution < -0.4 is 0 Å². The van der Waals surface area contributed by atoms with Crippen LogP contribution in [0.25, 0.3) is 0 Å². The van der Waals surface area contributed by atoms with E-state index in [1.165, 1.54) is 18.2 Å². The van der Waals surface area contributed by atoms with Crippen molar-refractivity contribution in [2.45, 2.75) is 25.9 Å². The molecule has 0 aliphatic carbocycles. The Morgan fingerprint density at radius 3 is 2.50 bits per heavy atom. The highest BCUT2D eigenvalue weighted by atomic mass is 35.5. The normalized spacial score (nSPS) is 12.9. The highest BCUT2D eigenvalue weighted by Gasteiger charge is 2.33. The van der Waals surface area contributed by atoms with Crippen LogP contribution in [-0.4, -0.2) is 5.17 Å². The second-order valence-electron chi connectivity index (χ2n) is 3.25. The van der Waals surface area contributed by atoms with Crippen molar-refractivity contribution in [1.29, 1.82) is 0 Å². The Labute approximate surface area is 97.0 Å². The summed E-state index contributed by atoms with van der Waals surface area (Å²) in [6.07, 6.45) is -3.17. The molecule has 16 heavy (non-hydrogen) atoms. The molecule has 88 valence electrons. The second kappa shape index (κ2) is 5.34. The van der Waals surface area contributed by atoms with Crippen molar-refractivity contribution in [2.24, 2.45) is 4.99 Å². The molecular formula is C11H11ClF3N. The van der Waals surface area contributed by atoms with E-state index in [1.807, 2.05) is 6.92 Å². The average Bonchev–Trinajstić information content (AvgIpc) is 2.17. The summed E-state index contributed by atoms with van der Waals surface area (Å²) in [6.45, 7) is 1.88. The molecule has 0 aliphatic heterocycles. The van der Waals surface area contributed by atoms with Gasteiger partial charge in [0.25, 0.3) is 0 Å². The predicted molar refractivity (Wildman–Crippen MR) is 59.3 cm³/mol. The molecule has 0 aliphatic rings. The number of hydrogen-bond donors (Lipinski definition) is 0. The van der Waals surface area contributed by atoms with E-state index in [0.717, 1.165) is 12.5 Å². The van der Waals surface area contributed by atoms with E-state index in [-0.39, 0.29) is 10.9 Å². The van der Waals surface area contributed by atoms with E-state index in [2.05, 4.69) is 4.99 Å². The van der Waals surface area contributed by atoms with Gasteiger partial charge in [0.1, 0.15) is 5.17 Å². The van der Waals surface area contributed by atoms with E-state index in [0.29, 0.717) is 6.42 Å². The fraction of sp³-hybridized carbons (Fsp3) is 0.364. The molecule has 0 heterocycles. The Morgan fingerprint density at radius 2 is 1.94 bits per heavy atom. The molecule has 0 fully saturated rings. The van der Waals surface area contributed by atoms with Crippen LogP contribution >= 0.6 is 11.6 Å². The maximum absolute atomic E-state index is 12.6. The average molecular weight is 250 g/mol. The summed E-state index contributed by atoms with van der Waals surface area (Å²) in [5.41, 5.74) is -0.891. The van der Waals surface area contributed by atoms with Gasteiger partial charge < -0.3 is 0 Å². The van der Waals surface area contributed by atoms with Gasteiger partial charge in [0.05, 0.1) is 11.3 Å². The molecule has 0 saturated carbocycles. The first-order chi connectivity index (χ1) is 7.45. The van der Waals surface area contributed by atoms with Gasteiger partial charge in [-0.3, -0.25) is 0 Å². The van der Waals surface area contributed by atoms with Gasteiger partial charge in [0, 0.05) is 6.42 Å². The zero-order chi connectivity index (χ0) is 12.2. The number of para-hydroxylation sites is 1. The van der Waals surface area contributed by atoms with Crippen LogP contribution in [0.15, 0.2) is 29.3 Å². The third-order valence-electron chi connectivity index (χ3n) is 1.91. The van der Waals surface area contributed by atoms with Crippen LogP contribution in [0.5, 0.6) is 0 Å². The van der Waals surface area contributed by atoms with Crippen molar-refractivity contribution >= 4 is 22.5 Å². The molecule has 1 nitrogen and oxygen atoms in total. The van der Waals surface area contributed by atoms with Crippen molar-refractivity contribution in [2.75, 3.05) is 0 Å². The number of benzene rings is 1. The lowest BCUT2D eigenvalue weighted by Gasteiger charge is -2.09. The summed E-state index contributed by atoms with van der Waals surface area (Å²) in [5.74, 6) is 0. The van der Waals surface area contributed by atoms with Crippen molar-refractivity contribution < 1.29 is 13.2 Å². The third kappa shape index (κ3) is 3.52. The third-order valence-corrected chi connectivity index (χ3v) is 2.18. The lowest BCUT2D eigenvalue weighted by Crippen LogP contribution is -2.05. The fourth-order valence-corrected chi connectivity index (χ4v) is 1.48. The summed E-state index contributed by atoms with van der Waals surface area (Å²) in [7, 11) is 0. The fourth-order valence-electron chi connectivity index (χ4n) is 1.20. The Balaban J connectivity index is 3.10. The highest BCUT2D eigenvalue weighted by molar-refractivity contribution is 6.65. The molecule has 0 radical (unpaired) electrons. The molecular weight excluding hydrogens is 239 g/mol. The summed E-state index contributed by atoms with van der Waals surface area (Å²) >= 11 is 5.72. The zero-order valence-corrected chi connectivity index (χ0v) is 9.44. The molecule has 5 heteroatoms. The van der Waals surface area contributed by atoms with Gasteiger partial charge in [0.15, 0.2) is 0 Å². The van der Waals surface area contributed by atoms with E-state index < -0.39 is 11.7 Å². The number of hydrogen-bond acceptors (Lipinski definition) is 1. The first-order valence-electron chi connectivity index (χ1n) is 4.84. The van der Waals surface area contributed by atoms with Crippen molar-refractivity contribution in [3.8, 4) is 0 Å². The molecule has 0 spiro atoms. The van der Waals surface area contributed by atoms with Gasteiger partial charge in [-0.1, -0.05) is 30.7 Å². The number of aliphatic imine (C=N–C) groups is 1. The minimum absolute atomic E-state index is 0.131. The SMILES string of the molecule is CCCC(Cl)=Nc1ccccc1C(F)(F)F. The van der Waals surface area contributed by atoms with Gasteiger partial charge in [0.2, 0.25) is 0 Å². The van der Waals surface area contributed by atoms with Gasteiger partial charge in [-0.25, -0.2) is 4.99 Å². The standard InChI is InChI=1S/C11H11ClF3N/c1-2-5-10(12)16-9-7-4-3-6-8(9)11(13,14)15/h3-4,6-7H,2,5H2,1H3. The van der Waals surface area contributed by atoms with Gasteiger partial charge in [-0.15, -0.1) is 0 Å². The minimum atomic E-state index is -4.40. The first-order valence-corrected chi connectivity index (χ1v) is 5.22. The molecule has 1 rings (SSSR count). The number of rotatable bonds is 3. The smallest absolute Gasteiger partial charge is 0.241 e. The van der Waals surface area contributed by atoms with Crippen LogP contribution in [0.4, 0.5) is 18.9 Å². The molecule has 0 bridgehead atoms. The Bertz CT molecular complexity index is 385. The first kappa shape index (κ1) is 13.0. The summed E-state index contributed by atoms with van der Waals surface area (Å²) in [4.78, 5) is 3.78. The van der Waals surface area contributed by atoms with Crippen molar-refractivity contribution in [3.63, 3.8) is 0 Å². The molecule has 0 N–H and O–H groups in total. The summed E-state index contributed by atoms with van der Waals surface area (Å²) in [5, 5.41) is 0.194. The molecule has 1 aromatic rings. The predicted octanol–water partition coefficient (Wildman–Crippen LogP) is 4.77. The largest absolute Gasteiger partial charge is 0.418 e. The highest BCUT2D eigenvalue weighted by Crippen LogP contribution is 2.36. The molecule has 0 amide bonds.